The second-order valence-electron chi connectivity index (χ2n) is 14.5. The van der Waals surface area contributed by atoms with Gasteiger partial charge in [0.1, 0.15) is 0 Å². The molecule has 21 heteroatoms. The van der Waals surface area contributed by atoms with Gasteiger partial charge in [-0.2, -0.15) is 0 Å². The first-order valence-corrected chi connectivity index (χ1v) is 30.1. The summed E-state index contributed by atoms with van der Waals surface area (Å²) in [7, 11) is 9.37. The standard InChI is InChI=1S/C38H90N4O12SSi4/c1-17-41(18-2)37(27-21-23-31-56(43-5,44-6)45-7,35-39-29-25-33-58(49-11,50-12)51-13)55-38(42(19-3)20-4,28-22-24-32-57(46-8,47-9)48-10)36-40-30-26-34-59(52-14,53-15)54-16/h39-40H,17-36H2,1-16H3. The van der Waals surface area contributed by atoms with E-state index in [1.54, 1.807) is 85.3 Å². The summed E-state index contributed by atoms with van der Waals surface area (Å²) in [6.45, 7) is 16.0. The van der Waals surface area contributed by atoms with Crippen molar-refractivity contribution in [3.8, 4) is 0 Å². The molecule has 0 aliphatic heterocycles. The molecule has 0 spiro atoms. The van der Waals surface area contributed by atoms with E-state index in [4.69, 9.17) is 53.1 Å². The minimum Gasteiger partial charge on any atom is -0.377 e. The fourth-order valence-electron chi connectivity index (χ4n) is 8.11. The summed E-state index contributed by atoms with van der Waals surface area (Å²) in [6, 6.07) is 2.97. The van der Waals surface area contributed by atoms with Crippen LogP contribution in [0.3, 0.4) is 0 Å². The molecule has 2 N–H and O–H groups in total. The molecule has 0 bridgehead atoms. The van der Waals surface area contributed by atoms with Crippen LogP contribution in [0.5, 0.6) is 0 Å². The smallest absolute Gasteiger partial charge is 0.377 e. The molecule has 0 aromatic carbocycles. The Labute approximate surface area is 369 Å². The molecule has 0 aromatic heterocycles. The maximum absolute atomic E-state index is 5.84. The van der Waals surface area contributed by atoms with Crippen LogP contribution in [0.15, 0.2) is 0 Å². The van der Waals surface area contributed by atoms with E-state index < -0.39 is 35.2 Å². The molecule has 2 unspecified atom stereocenters. The predicted octanol–water partition coefficient (Wildman–Crippen LogP) is 5.61. The lowest BCUT2D eigenvalue weighted by molar-refractivity contribution is 0.118. The summed E-state index contributed by atoms with van der Waals surface area (Å²) in [6.07, 6.45) is 7.46. The number of unbranched alkanes of at least 4 members (excludes halogenated alkanes) is 2. The van der Waals surface area contributed by atoms with Gasteiger partial charge in [0, 0.05) is 123 Å². The molecule has 59 heavy (non-hydrogen) atoms. The Hall–Kier alpha value is 0.578. The molecule has 0 saturated heterocycles. The van der Waals surface area contributed by atoms with Crippen LogP contribution in [0.25, 0.3) is 0 Å². The van der Waals surface area contributed by atoms with Crippen LogP contribution < -0.4 is 10.6 Å². The van der Waals surface area contributed by atoms with Gasteiger partial charge in [0.2, 0.25) is 0 Å². The third kappa shape index (κ3) is 18.5. The zero-order valence-corrected chi connectivity index (χ0v) is 45.2. The number of rotatable bonds is 42. The van der Waals surface area contributed by atoms with Crippen LogP contribution in [0.2, 0.25) is 24.2 Å². The number of hydrogen-bond acceptors (Lipinski definition) is 17. The van der Waals surface area contributed by atoms with Crippen molar-refractivity contribution in [2.45, 2.75) is 113 Å². The Kier molecular flexibility index (Phi) is 32.6. The SMILES string of the molecule is CCN(CC)C(CCCC[Si](OC)(OC)OC)(CNCCC[Si](OC)(OC)OC)SC(CCCC[Si](OC)(OC)OC)(CNCCC[Si](OC)(OC)OC)N(CC)CC. The van der Waals surface area contributed by atoms with Gasteiger partial charge in [-0.25, -0.2) is 0 Å². The molecule has 0 aliphatic rings. The number of nitrogens with one attached hydrogen (secondary N) is 2. The fraction of sp³-hybridized carbons (Fsp3) is 1.00. The van der Waals surface area contributed by atoms with Crippen molar-refractivity contribution < 1.29 is 53.1 Å². The first-order valence-electron chi connectivity index (χ1n) is 21.5. The highest BCUT2D eigenvalue weighted by Gasteiger charge is 2.48. The summed E-state index contributed by atoms with van der Waals surface area (Å²) < 4.78 is 69.5. The third-order valence-corrected chi connectivity index (χ3v) is 25.2. The van der Waals surface area contributed by atoms with E-state index in [1.807, 2.05) is 0 Å². The second-order valence-corrected chi connectivity index (χ2v) is 28.6. The Bertz CT molecular complexity index is 913. The molecule has 0 heterocycles. The fourth-order valence-corrected chi connectivity index (χ4v) is 17.5. The summed E-state index contributed by atoms with van der Waals surface area (Å²) >= 11 is 2.14. The molecular formula is C38H90N4O12SSi4. The molecule has 0 aliphatic carbocycles. The minimum atomic E-state index is -2.73. The molecule has 16 nitrogen and oxygen atoms in total. The van der Waals surface area contributed by atoms with Gasteiger partial charge in [-0.3, -0.25) is 9.80 Å². The van der Waals surface area contributed by atoms with Gasteiger partial charge in [-0.05, 0) is 77.8 Å². The Morgan fingerprint density at radius 2 is 0.610 bits per heavy atom. The van der Waals surface area contributed by atoms with Gasteiger partial charge in [-0.1, -0.05) is 40.5 Å². The van der Waals surface area contributed by atoms with Crippen LogP contribution in [0, 0.1) is 0 Å². The molecular weight excluding hydrogens is 849 g/mol. The largest absolute Gasteiger partial charge is 0.500 e. The van der Waals surface area contributed by atoms with Crippen LogP contribution in [-0.2, 0) is 53.1 Å². The van der Waals surface area contributed by atoms with Gasteiger partial charge < -0.3 is 63.7 Å². The highest BCUT2D eigenvalue weighted by molar-refractivity contribution is 8.02. The van der Waals surface area contributed by atoms with Crippen molar-refractivity contribution in [2.24, 2.45) is 0 Å². The topological polar surface area (TPSA) is 141 Å². The van der Waals surface area contributed by atoms with Crippen LogP contribution >= 0.6 is 11.8 Å². The molecule has 0 amide bonds. The average molecular weight is 940 g/mol. The van der Waals surface area contributed by atoms with Gasteiger partial charge in [-0.15, -0.1) is 11.8 Å². The Morgan fingerprint density at radius 1 is 0.373 bits per heavy atom. The number of thioether (sulfide) groups is 1. The number of nitrogens with zero attached hydrogens (tertiary/aromatic N) is 2. The normalized spacial score (nSPS) is 15.4. The summed E-state index contributed by atoms with van der Waals surface area (Å²) in [4.78, 5) is 4.81. The van der Waals surface area contributed by atoms with Crippen molar-refractivity contribution in [1.29, 1.82) is 0 Å². The van der Waals surface area contributed by atoms with Crippen LogP contribution in [-0.4, -0.2) is 192 Å². The highest BCUT2D eigenvalue weighted by atomic mass is 32.2. The zero-order valence-electron chi connectivity index (χ0n) is 40.3. The molecule has 0 aromatic rings. The van der Waals surface area contributed by atoms with Crippen LogP contribution in [0.1, 0.15) is 79.1 Å². The molecule has 2 atom stereocenters. The predicted molar refractivity (Wildman–Crippen MR) is 248 cm³/mol. The van der Waals surface area contributed by atoms with E-state index in [2.05, 4.69) is 59.9 Å². The van der Waals surface area contributed by atoms with Crippen molar-refractivity contribution >= 4 is 47.0 Å². The van der Waals surface area contributed by atoms with E-state index in [0.717, 1.165) is 128 Å². The first kappa shape index (κ1) is 59.6. The molecule has 0 fully saturated rings. The van der Waals surface area contributed by atoms with Crippen molar-refractivity contribution in [3.05, 3.63) is 0 Å². The number of likely N-dealkylation sites (N-methyl/N-ethyl adjacent to an activating group) is 2. The summed E-state index contributed by atoms with van der Waals surface area (Å²) in [5.41, 5.74) is 0. The average Bonchev–Trinajstić information content (AvgIpc) is 3.28. The summed E-state index contributed by atoms with van der Waals surface area (Å²) in [5.74, 6) is 0. The van der Waals surface area contributed by atoms with E-state index in [9.17, 15) is 0 Å². The number of hydrogen-bond donors (Lipinski definition) is 2. The van der Waals surface area contributed by atoms with Gasteiger partial charge in [0.05, 0.1) is 9.74 Å². The molecule has 0 radical (unpaired) electrons. The lowest BCUT2D eigenvalue weighted by Gasteiger charge is -2.53. The van der Waals surface area contributed by atoms with Gasteiger partial charge >= 0.3 is 35.2 Å². The van der Waals surface area contributed by atoms with Crippen molar-refractivity contribution in [3.63, 3.8) is 0 Å². The van der Waals surface area contributed by atoms with Crippen molar-refractivity contribution in [1.82, 2.24) is 20.4 Å². The molecule has 356 valence electrons. The lowest BCUT2D eigenvalue weighted by Crippen LogP contribution is -2.61. The van der Waals surface area contributed by atoms with Gasteiger partial charge in [0.15, 0.2) is 0 Å². The van der Waals surface area contributed by atoms with Crippen LogP contribution in [0.4, 0.5) is 0 Å². The Morgan fingerprint density at radius 3 is 0.831 bits per heavy atom. The van der Waals surface area contributed by atoms with E-state index in [1.165, 1.54) is 0 Å². The Balaban J connectivity index is 7.18. The monoisotopic (exact) mass is 939 g/mol. The highest BCUT2D eigenvalue weighted by Crippen LogP contribution is 2.47. The van der Waals surface area contributed by atoms with Crippen molar-refractivity contribution in [2.75, 3.05) is 138 Å². The van der Waals surface area contributed by atoms with Gasteiger partial charge in [0.25, 0.3) is 0 Å². The summed E-state index contributed by atoms with van der Waals surface area (Å²) in [5, 5.41) is 7.88. The minimum absolute atomic E-state index is 0.266. The maximum atomic E-state index is 5.84. The quantitative estimate of drug-likeness (QED) is 0.0445. The van der Waals surface area contributed by atoms with E-state index in [-0.39, 0.29) is 9.74 Å². The molecule has 0 saturated carbocycles. The lowest BCUT2D eigenvalue weighted by atomic mass is 10.1. The van der Waals surface area contributed by atoms with E-state index in [0.29, 0.717) is 0 Å². The zero-order chi connectivity index (χ0) is 44.9. The molecule has 0 rings (SSSR count). The van der Waals surface area contributed by atoms with E-state index >= 15 is 0 Å². The first-order chi connectivity index (χ1) is 28.3. The maximum Gasteiger partial charge on any atom is 0.500 e. The third-order valence-electron chi connectivity index (χ3n) is 11.9. The second kappa shape index (κ2) is 32.3.